The second-order valence-corrected chi connectivity index (χ2v) is 7.38. The Morgan fingerprint density at radius 2 is 1.79 bits per heavy atom. The Balaban J connectivity index is 1.70. The number of nitrogens with zero attached hydrogens (tertiary/aromatic N) is 1. The van der Waals surface area contributed by atoms with Crippen molar-refractivity contribution in [2.75, 3.05) is 6.61 Å². The third-order valence-corrected chi connectivity index (χ3v) is 5.46. The number of hydrogen-bond donors (Lipinski definition) is 0. The summed E-state index contributed by atoms with van der Waals surface area (Å²) in [5, 5.41) is 3.01. The van der Waals surface area contributed by atoms with Crippen LogP contribution in [0, 0.1) is 0 Å². The van der Waals surface area contributed by atoms with Crippen LogP contribution in [0.4, 0.5) is 0 Å². The first-order valence-electron chi connectivity index (χ1n) is 8.52. The minimum atomic E-state index is -0.572. The molecule has 4 aromatic rings. The van der Waals surface area contributed by atoms with Gasteiger partial charge in [-0.1, -0.05) is 54.1 Å². The number of carbonyl (C=O) groups excluding carboxylic acids is 2. The van der Waals surface area contributed by atoms with Crippen LogP contribution in [0.3, 0.4) is 0 Å². The van der Waals surface area contributed by atoms with Crippen LogP contribution in [-0.2, 0) is 4.74 Å². The number of fused-ring (bicyclic) bond motifs is 1. The highest BCUT2D eigenvalue weighted by atomic mass is 35.5. The third-order valence-electron chi connectivity index (χ3n) is 4.22. The molecule has 2 aromatic carbocycles. The zero-order valence-corrected chi connectivity index (χ0v) is 16.2. The Hall–Kier alpha value is -3.02. The van der Waals surface area contributed by atoms with E-state index in [1.54, 1.807) is 35.7 Å². The van der Waals surface area contributed by atoms with Gasteiger partial charge in [0.2, 0.25) is 5.78 Å². The molecule has 0 saturated heterocycles. The van der Waals surface area contributed by atoms with Crippen molar-refractivity contribution in [2.24, 2.45) is 0 Å². The van der Waals surface area contributed by atoms with Crippen molar-refractivity contribution >= 4 is 45.6 Å². The first-order chi connectivity index (χ1) is 13.6. The van der Waals surface area contributed by atoms with Gasteiger partial charge in [0, 0.05) is 16.0 Å². The van der Waals surface area contributed by atoms with Gasteiger partial charge in [0.05, 0.1) is 21.7 Å². The average Bonchev–Trinajstić information content (AvgIpc) is 3.26. The summed E-state index contributed by atoms with van der Waals surface area (Å²) in [7, 11) is 0. The molecule has 0 fully saturated rings. The lowest BCUT2D eigenvalue weighted by Gasteiger charge is -2.10. The van der Waals surface area contributed by atoms with E-state index in [4.69, 9.17) is 16.3 Å². The van der Waals surface area contributed by atoms with E-state index in [0.29, 0.717) is 32.1 Å². The van der Waals surface area contributed by atoms with Crippen LogP contribution >= 0.6 is 22.9 Å². The number of rotatable bonds is 5. The van der Waals surface area contributed by atoms with Crippen LogP contribution < -0.4 is 0 Å². The summed E-state index contributed by atoms with van der Waals surface area (Å²) in [5.41, 5.74) is 2.29. The molecule has 0 spiro atoms. The quantitative estimate of drug-likeness (QED) is 0.316. The smallest absolute Gasteiger partial charge is 0.339 e. The van der Waals surface area contributed by atoms with Gasteiger partial charge >= 0.3 is 5.97 Å². The van der Waals surface area contributed by atoms with Gasteiger partial charge in [0.25, 0.3) is 0 Å². The number of pyridine rings is 1. The second-order valence-electron chi connectivity index (χ2n) is 6.03. The fraction of sp³-hybridized carbons (Fsp3) is 0.0455. The topological polar surface area (TPSA) is 56.3 Å². The van der Waals surface area contributed by atoms with Crippen LogP contribution in [-0.4, -0.2) is 23.3 Å². The van der Waals surface area contributed by atoms with Crippen LogP contribution in [0.25, 0.3) is 22.2 Å². The molecule has 0 radical (unpaired) electrons. The number of hydrogen-bond acceptors (Lipinski definition) is 5. The number of aromatic nitrogens is 1. The highest BCUT2D eigenvalue weighted by Crippen LogP contribution is 2.30. The average molecular weight is 408 g/mol. The fourth-order valence-corrected chi connectivity index (χ4v) is 3.75. The summed E-state index contributed by atoms with van der Waals surface area (Å²) in [4.78, 5) is 30.1. The number of para-hydroxylation sites is 1. The van der Waals surface area contributed by atoms with Gasteiger partial charge in [-0.15, -0.1) is 11.3 Å². The van der Waals surface area contributed by atoms with E-state index in [1.807, 2.05) is 36.4 Å². The summed E-state index contributed by atoms with van der Waals surface area (Å²) < 4.78 is 5.30. The first-order valence-corrected chi connectivity index (χ1v) is 9.78. The second kappa shape index (κ2) is 7.92. The molecule has 6 heteroatoms. The van der Waals surface area contributed by atoms with E-state index in [9.17, 15) is 9.59 Å². The van der Waals surface area contributed by atoms with E-state index in [1.165, 1.54) is 11.3 Å². The molecule has 2 aromatic heterocycles. The predicted octanol–water partition coefficient (Wildman–Crippen LogP) is 5.66. The van der Waals surface area contributed by atoms with Crippen LogP contribution in [0.2, 0.25) is 5.02 Å². The minimum absolute atomic E-state index is 0.229. The number of ketones is 1. The van der Waals surface area contributed by atoms with E-state index in [2.05, 4.69) is 4.98 Å². The lowest BCUT2D eigenvalue weighted by Crippen LogP contribution is -2.14. The Morgan fingerprint density at radius 1 is 1.00 bits per heavy atom. The van der Waals surface area contributed by atoms with Crippen molar-refractivity contribution in [2.45, 2.75) is 0 Å². The summed E-state index contributed by atoms with van der Waals surface area (Å²) in [6.45, 7) is -0.308. The zero-order chi connectivity index (χ0) is 19.5. The zero-order valence-electron chi connectivity index (χ0n) is 14.6. The van der Waals surface area contributed by atoms with Gasteiger partial charge in [0.1, 0.15) is 0 Å². The third kappa shape index (κ3) is 3.67. The summed E-state index contributed by atoms with van der Waals surface area (Å²) >= 11 is 7.62. The normalized spacial score (nSPS) is 10.8. The number of thiophene rings is 1. The largest absolute Gasteiger partial charge is 0.454 e. The SMILES string of the molecule is O=C(COC(=O)c1cc(-c2ccccc2Cl)nc2ccccc12)c1cccs1. The summed E-state index contributed by atoms with van der Waals surface area (Å²) in [6.07, 6.45) is 0. The van der Waals surface area contributed by atoms with Crippen molar-refractivity contribution in [3.05, 3.63) is 87.6 Å². The molecular formula is C22H14ClNO3S. The van der Waals surface area contributed by atoms with E-state index in [-0.39, 0.29) is 12.4 Å². The van der Waals surface area contributed by atoms with Gasteiger partial charge in [-0.05, 0) is 29.6 Å². The Morgan fingerprint density at radius 3 is 2.57 bits per heavy atom. The molecule has 0 N–H and O–H groups in total. The molecule has 0 amide bonds. The van der Waals surface area contributed by atoms with Crippen molar-refractivity contribution in [3.63, 3.8) is 0 Å². The summed E-state index contributed by atoms with van der Waals surface area (Å²) in [6, 6.07) is 19.7. The molecule has 28 heavy (non-hydrogen) atoms. The molecule has 0 saturated carbocycles. The van der Waals surface area contributed by atoms with E-state index >= 15 is 0 Å². The summed E-state index contributed by atoms with van der Waals surface area (Å²) in [5.74, 6) is -0.801. The Labute approximate surface area is 170 Å². The highest BCUT2D eigenvalue weighted by Gasteiger charge is 2.18. The van der Waals surface area contributed by atoms with Gasteiger partial charge in [0.15, 0.2) is 6.61 Å². The predicted molar refractivity (Wildman–Crippen MR) is 111 cm³/mol. The molecule has 0 unspecified atom stereocenters. The first kappa shape index (κ1) is 18.3. The van der Waals surface area contributed by atoms with Gasteiger partial charge in [-0.25, -0.2) is 9.78 Å². The molecule has 0 atom stereocenters. The van der Waals surface area contributed by atoms with Crippen LogP contribution in [0.5, 0.6) is 0 Å². The van der Waals surface area contributed by atoms with Crippen molar-refractivity contribution in [3.8, 4) is 11.3 Å². The maximum absolute atomic E-state index is 12.8. The molecule has 138 valence electrons. The van der Waals surface area contributed by atoms with Crippen molar-refractivity contribution in [1.29, 1.82) is 0 Å². The van der Waals surface area contributed by atoms with Gasteiger partial charge < -0.3 is 4.74 Å². The van der Waals surface area contributed by atoms with Crippen molar-refractivity contribution in [1.82, 2.24) is 4.98 Å². The van der Waals surface area contributed by atoms with Gasteiger partial charge in [-0.3, -0.25) is 4.79 Å². The number of ether oxygens (including phenoxy) is 1. The molecule has 0 aliphatic heterocycles. The Bertz CT molecular complexity index is 1170. The molecule has 0 aliphatic rings. The van der Waals surface area contributed by atoms with Gasteiger partial charge in [-0.2, -0.15) is 0 Å². The number of halogens is 1. The molecule has 4 nitrogen and oxygen atoms in total. The lowest BCUT2D eigenvalue weighted by molar-refractivity contribution is 0.0478. The maximum atomic E-state index is 12.8. The standard InChI is InChI=1S/C22H14ClNO3S/c23-17-8-3-1-7-15(17)19-12-16(14-6-2-4-9-18(14)24-19)22(26)27-13-20(25)21-10-5-11-28-21/h1-12H,13H2. The van der Waals surface area contributed by atoms with E-state index in [0.717, 1.165) is 5.56 Å². The lowest BCUT2D eigenvalue weighted by atomic mass is 10.0. The molecule has 0 aliphatic carbocycles. The minimum Gasteiger partial charge on any atom is -0.454 e. The molecule has 4 rings (SSSR count). The van der Waals surface area contributed by atoms with E-state index < -0.39 is 5.97 Å². The molecular weight excluding hydrogens is 394 g/mol. The monoisotopic (exact) mass is 407 g/mol. The maximum Gasteiger partial charge on any atom is 0.339 e. The van der Waals surface area contributed by atoms with Crippen molar-refractivity contribution < 1.29 is 14.3 Å². The highest BCUT2D eigenvalue weighted by molar-refractivity contribution is 7.12. The fourth-order valence-electron chi connectivity index (χ4n) is 2.87. The number of Topliss-reactive ketones (excluding diaryl/α,β-unsaturated/α-hetero) is 1. The number of benzene rings is 2. The molecule has 0 bridgehead atoms. The number of carbonyl (C=O) groups is 2. The molecule has 2 heterocycles. The van der Waals surface area contributed by atoms with Crippen LogP contribution in [0.15, 0.2) is 72.1 Å². The number of esters is 1. The van der Waals surface area contributed by atoms with Crippen LogP contribution in [0.1, 0.15) is 20.0 Å². The Kier molecular flexibility index (Phi) is 5.19.